The van der Waals surface area contributed by atoms with Gasteiger partial charge in [0.25, 0.3) is 5.56 Å². The molecule has 0 bridgehead atoms. The number of hydrogen-bond donors (Lipinski definition) is 1. The molecule has 0 spiro atoms. The van der Waals surface area contributed by atoms with Crippen molar-refractivity contribution < 1.29 is 9.59 Å². The summed E-state index contributed by atoms with van der Waals surface area (Å²) >= 11 is 4.26. The van der Waals surface area contributed by atoms with E-state index in [0.29, 0.717) is 33.2 Å². The molecular weight excluding hydrogens is 450 g/mol. The zero-order valence-electron chi connectivity index (χ0n) is 16.9. The van der Waals surface area contributed by atoms with Gasteiger partial charge in [0.05, 0.1) is 11.1 Å². The highest BCUT2D eigenvalue weighted by molar-refractivity contribution is 7.99. The van der Waals surface area contributed by atoms with Crippen LogP contribution in [0.15, 0.2) is 57.1 Å². The number of nitrogens with one attached hydrogen (secondary N) is 1. The second-order valence-electron chi connectivity index (χ2n) is 6.72. The number of thiophene rings is 2. The third kappa shape index (κ3) is 4.48. The number of benzene rings is 1. The fourth-order valence-corrected chi connectivity index (χ4v) is 5.82. The van der Waals surface area contributed by atoms with Crippen molar-refractivity contribution in [1.29, 1.82) is 0 Å². The van der Waals surface area contributed by atoms with Crippen molar-refractivity contribution in [1.82, 2.24) is 9.55 Å². The summed E-state index contributed by atoms with van der Waals surface area (Å²) in [6.45, 7) is 3.84. The van der Waals surface area contributed by atoms with Gasteiger partial charge >= 0.3 is 0 Å². The second kappa shape index (κ2) is 9.17. The Morgan fingerprint density at radius 3 is 2.74 bits per heavy atom. The van der Waals surface area contributed by atoms with Gasteiger partial charge in [-0.15, -0.1) is 22.7 Å². The number of fused-ring (bicyclic) bond motifs is 1. The number of nitrogens with zero attached hydrogens (tertiary/aromatic N) is 2. The largest absolute Gasteiger partial charge is 0.325 e. The third-order valence-corrected chi connectivity index (χ3v) is 7.40. The van der Waals surface area contributed by atoms with Gasteiger partial charge in [0.1, 0.15) is 4.83 Å². The zero-order valence-corrected chi connectivity index (χ0v) is 19.3. The van der Waals surface area contributed by atoms with Crippen LogP contribution in [0.1, 0.15) is 24.2 Å². The smallest absolute Gasteiger partial charge is 0.263 e. The van der Waals surface area contributed by atoms with E-state index in [-0.39, 0.29) is 23.0 Å². The molecule has 6 nitrogen and oxygen atoms in total. The zero-order chi connectivity index (χ0) is 22.0. The van der Waals surface area contributed by atoms with Crippen LogP contribution in [0.4, 0.5) is 5.69 Å². The highest BCUT2D eigenvalue weighted by Crippen LogP contribution is 2.34. The standard InChI is InChI=1S/C22H19N3O3S3/c1-3-25-21(28)19-16(17-8-5-9-29-17)11-30-20(19)24-22(25)31-12-18(27)23-15-7-4-6-14(10-15)13(2)26/h4-11H,3,12H2,1-2H3,(H,23,27). The van der Waals surface area contributed by atoms with Gasteiger partial charge < -0.3 is 5.32 Å². The Hall–Kier alpha value is -2.75. The van der Waals surface area contributed by atoms with Gasteiger partial charge in [-0.2, -0.15) is 0 Å². The van der Waals surface area contributed by atoms with Gasteiger partial charge in [-0.1, -0.05) is 30.0 Å². The van der Waals surface area contributed by atoms with Crippen molar-refractivity contribution in [2.24, 2.45) is 0 Å². The summed E-state index contributed by atoms with van der Waals surface area (Å²) in [6, 6.07) is 10.8. The number of ketones is 1. The molecule has 3 aromatic heterocycles. The summed E-state index contributed by atoms with van der Waals surface area (Å²) in [5, 5.41) is 7.90. The topological polar surface area (TPSA) is 81.1 Å². The second-order valence-corrected chi connectivity index (χ2v) is 9.47. The van der Waals surface area contributed by atoms with E-state index in [1.54, 1.807) is 40.2 Å². The molecule has 0 aliphatic heterocycles. The Bertz CT molecular complexity index is 1320. The monoisotopic (exact) mass is 469 g/mol. The molecular formula is C22H19N3O3S3. The molecule has 3 heterocycles. The maximum absolute atomic E-state index is 13.2. The summed E-state index contributed by atoms with van der Waals surface area (Å²) in [6.07, 6.45) is 0. The summed E-state index contributed by atoms with van der Waals surface area (Å²) in [4.78, 5) is 43.6. The number of carbonyl (C=O) groups excluding carboxylic acids is 2. The first-order valence-corrected chi connectivity index (χ1v) is 12.3. The Morgan fingerprint density at radius 2 is 2.03 bits per heavy atom. The van der Waals surface area contributed by atoms with Gasteiger partial charge in [-0.05, 0) is 37.4 Å². The van der Waals surface area contributed by atoms with E-state index in [4.69, 9.17) is 0 Å². The number of amides is 1. The molecule has 0 atom stereocenters. The normalized spacial score (nSPS) is 11.0. The molecule has 0 fully saturated rings. The SMILES string of the molecule is CCn1c(SCC(=O)Nc2cccc(C(C)=O)c2)nc2scc(-c3cccs3)c2c1=O. The van der Waals surface area contributed by atoms with Crippen molar-refractivity contribution in [2.45, 2.75) is 25.5 Å². The number of thioether (sulfide) groups is 1. The van der Waals surface area contributed by atoms with Crippen molar-refractivity contribution in [3.05, 3.63) is 63.1 Å². The molecule has 31 heavy (non-hydrogen) atoms. The molecule has 0 saturated carbocycles. The molecule has 158 valence electrons. The van der Waals surface area contributed by atoms with E-state index >= 15 is 0 Å². The van der Waals surface area contributed by atoms with Crippen LogP contribution in [0.25, 0.3) is 20.7 Å². The Labute approximate surface area is 191 Å². The minimum Gasteiger partial charge on any atom is -0.325 e. The van der Waals surface area contributed by atoms with E-state index in [2.05, 4.69) is 10.3 Å². The van der Waals surface area contributed by atoms with Crippen LogP contribution in [-0.2, 0) is 11.3 Å². The van der Waals surface area contributed by atoms with Crippen LogP contribution < -0.4 is 10.9 Å². The Morgan fingerprint density at radius 1 is 1.19 bits per heavy atom. The molecule has 4 rings (SSSR count). The van der Waals surface area contributed by atoms with Crippen molar-refractivity contribution >= 4 is 62.0 Å². The summed E-state index contributed by atoms with van der Waals surface area (Å²) in [5.74, 6) is -0.188. The van der Waals surface area contributed by atoms with Crippen LogP contribution in [0.3, 0.4) is 0 Å². The fraction of sp³-hybridized carbons (Fsp3) is 0.182. The fourth-order valence-electron chi connectivity index (χ4n) is 3.15. The lowest BCUT2D eigenvalue weighted by molar-refractivity contribution is -0.113. The first kappa shape index (κ1) is 21.5. The number of anilines is 1. The van der Waals surface area contributed by atoms with Crippen LogP contribution in [0, 0.1) is 0 Å². The predicted molar refractivity (Wildman–Crippen MR) is 129 cm³/mol. The van der Waals surface area contributed by atoms with Gasteiger partial charge in [-0.25, -0.2) is 4.98 Å². The average Bonchev–Trinajstić information content (AvgIpc) is 3.42. The molecule has 1 N–H and O–H groups in total. The number of rotatable bonds is 7. The maximum Gasteiger partial charge on any atom is 0.263 e. The van der Waals surface area contributed by atoms with Gasteiger partial charge in [0.15, 0.2) is 10.9 Å². The van der Waals surface area contributed by atoms with Crippen molar-refractivity contribution in [3.63, 3.8) is 0 Å². The lowest BCUT2D eigenvalue weighted by Crippen LogP contribution is -2.23. The van der Waals surface area contributed by atoms with Crippen LogP contribution >= 0.6 is 34.4 Å². The average molecular weight is 470 g/mol. The third-order valence-electron chi connectivity index (χ3n) is 4.65. The van der Waals surface area contributed by atoms with E-state index in [0.717, 1.165) is 10.4 Å². The molecule has 0 unspecified atom stereocenters. The van der Waals surface area contributed by atoms with Crippen LogP contribution in [0.5, 0.6) is 0 Å². The predicted octanol–water partition coefficient (Wildman–Crippen LogP) is 5.14. The van der Waals surface area contributed by atoms with Crippen LogP contribution in [0.2, 0.25) is 0 Å². The number of carbonyl (C=O) groups is 2. The Kier molecular flexibility index (Phi) is 6.35. The van der Waals surface area contributed by atoms with Crippen molar-refractivity contribution in [3.8, 4) is 10.4 Å². The van der Waals surface area contributed by atoms with Crippen LogP contribution in [-0.4, -0.2) is 27.0 Å². The minimum atomic E-state index is -0.229. The minimum absolute atomic E-state index is 0.0622. The first-order chi connectivity index (χ1) is 15.0. The van der Waals surface area contributed by atoms with Gasteiger partial charge in [0, 0.05) is 33.6 Å². The molecule has 1 aromatic carbocycles. The molecule has 4 aromatic rings. The molecule has 9 heteroatoms. The van der Waals surface area contributed by atoms with Gasteiger partial charge in [0.2, 0.25) is 5.91 Å². The highest BCUT2D eigenvalue weighted by atomic mass is 32.2. The Balaban J connectivity index is 1.56. The molecule has 0 aliphatic carbocycles. The quantitative estimate of drug-likeness (QED) is 0.230. The van der Waals surface area contributed by atoms with E-state index in [1.807, 2.05) is 29.8 Å². The summed E-state index contributed by atoms with van der Waals surface area (Å²) < 4.78 is 1.61. The van der Waals surface area contributed by atoms with Crippen molar-refractivity contribution in [2.75, 3.05) is 11.1 Å². The number of hydrogen-bond acceptors (Lipinski definition) is 7. The number of aromatic nitrogens is 2. The molecule has 0 aliphatic rings. The summed E-state index contributed by atoms with van der Waals surface area (Å²) in [7, 11) is 0. The van der Waals surface area contributed by atoms with E-state index in [9.17, 15) is 14.4 Å². The summed E-state index contributed by atoms with van der Waals surface area (Å²) in [5.41, 5.74) is 1.92. The lowest BCUT2D eigenvalue weighted by atomic mass is 10.1. The van der Waals surface area contributed by atoms with E-state index < -0.39 is 0 Å². The van der Waals surface area contributed by atoms with Gasteiger partial charge in [-0.3, -0.25) is 19.0 Å². The highest BCUT2D eigenvalue weighted by Gasteiger charge is 2.18. The first-order valence-electron chi connectivity index (χ1n) is 9.57. The number of Topliss-reactive ketones (excluding diaryl/α,β-unsaturated/α-hetero) is 1. The maximum atomic E-state index is 13.2. The molecule has 0 saturated heterocycles. The molecule has 1 amide bonds. The lowest BCUT2D eigenvalue weighted by Gasteiger charge is -2.11. The molecule has 0 radical (unpaired) electrons. The van der Waals surface area contributed by atoms with E-state index in [1.165, 1.54) is 30.0 Å².